The summed E-state index contributed by atoms with van der Waals surface area (Å²) in [6, 6.07) is 0. The first-order chi connectivity index (χ1) is 9.13. The van der Waals surface area contributed by atoms with E-state index in [1.54, 1.807) is 10.9 Å². The summed E-state index contributed by atoms with van der Waals surface area (Å²) in [7, 11) is 0. The molecule has 5 heteroatoms. The zero-order chi connectivity index (χ0) is 13.5. The molecular formula is C14H20BrN3O. The van der Waals surface area contributed by atoms with E-state index < -0.39 is 0 Å². The van der Waals surface area contributed by atoms with Crippen LogP contribution in [0.2, 0.25) is 0 Å². The highest BCUT2D eigenvalue weighted by atomic mass is 79.9. The van der Waals surface area contributed by atoms with E-state index in [0.717, 1.165) is 18.7 Å². The van der Waals surface area contributed by atoms with Gasteiger partial charge in [-0.3, -0.25) is 4.79 Å². The second-order valence-corrected chi connectivity index (χ2v) is 6.71. The third-order valence-corrected chi connectivity index (χ3v) is 5.27. The highest BCUT2D eigenvalue weighted by Crippen LogP contribution is 2.38. The molecule has 1 aromatic rings. The molecule has 2 aliphatic carbocycles. The zero-order valence-electron chi connectivity index (χ0n) is 11.3. The number of hydrogen-bond acceptors (Lipinski definition) is 3. The van der Waals surface area contributed by atoms with E-state index in [1.807, 2.05) is 0 Å². The second kappa shape index (κ2) is 4.93. The maximum absolute atomic E-state index is 12.2. The predicted octanol–water partition coefficient (Wildman–Crippen LogP) is 3.16. The number of anilines is 1. The summed E-state index contributed by atoms with van der Waals surface area (Å²) in [5.74, 6) is 0.657. The summed E-state index contributed by atoms with van der Waals surface area (Å²) >= 11 is 3.44. The number of rotatable bonds is 5. The Bertz CT molecular complexity index is 526. The van der Waals surface area contributed by atoms with Crippen molar-refractivity contribution >= 4 is 21.6 Å². The molecule has 0 saturated heterocycles. The number of halogens is 1. The van der Waals surface area contributed by atoms with Gasteiger partial charge in [0.15, 0.2) is 0 Å². The van der Waals surface area contributed by atoms with E-state index >= 15 is 0 Å². The fourth-order valence-electron chi connectivity index (χ4n) is 2.68. The van der Waals surface area contributed by atoms with Crippen molar-refractivity contribution in [3.8, 4) is 0 Å². The Kier molecular flexibility index (Phi) is 3.41. The summed E-state index contributed by atoms with van der Waals surface area (Å²) in [4.78, 5) is 12.2. The Hall–Kier alpha value is -0.840. The largest absolute Gasteiger partial charge is 0.377 e. The van der Waals surface area contributed by atoms with E-state index in [0.29, 0.717) is 10.4 Å². The minimum absolute atomic E-state index is 0.0116. The first-order valence-corrected chi connectivity index (χ1v) is 7.97. The number of nitrogens with one attached hydrogen (secondary N) is 1. The maximum Gasteiger partial charge on any atom is 0.283 e. The monoisotopic (exact) mass is 325 g/mol. The Labute approximate surface area is 121 Å². The molecule has 2 aliphatic rings. The standard InChI is InChI=1S/C14H20BrN3O/c1-2-14(6-3-7-14)17-11-8-16-18(9-10-4-5-10)13(19)12(11)15/h8,10,17H,2-7,9H2,1H3. The molecule has 1 N–H and O–H groups in total. The van der Waals surface area contributed by atoms with Gasteiger partial charge in [0.1, 0.15) is 4.47 Å². The van der Waals surface area contributed by atoms with Crippen molar-refractivity contribution in [2.75, 3.05) is 5.32 Å². The fraction of sp³-hybridized carbons (Fsp3) is 0.714. The van der Waals surface area contributed by atoms with Gasteiger partial charge in [0.25, 0.3) is 5.56 Å². The van der Waals surface area contributed by atoms with Gasteiger partial charge < -0.3 is 5.32 Å². The summed E-state index contributed by atoms with van der Waals surface area (Å²) in [6.45, 7) is 2.96. The molecule has 4 nitrogen and oxygen atoms in total. The Morgan fingerprint density at radius 3 is 2.79 bits per heavy atom. The van der Waals surface area contributed by atoms with Crippen LogP contribution >= 0.6 is 15.9 Å². The topological polar surface area (TPSA) is 46.9 Å². The Morgan fingerprint density at radius 2 is 2.26 bits per heavy atom. The van der Waals surface area contributed by atoms with Crippen LogP contribution in [-0.2, 0) is 6.54 Å². The zero-order valence-corrected chi connectivity index (χ0v) is 12.9. The normalized spacial score (nSPS) is 20.9. The average molecular weight is 326 g/mol. The van der Waals surface area contributed by atoms with Crippen LogP contribution in [0, 0.1) is 5.92 Å². The third kappa shape index (κ3) is 2.57. The smallest absolute Gasteiger partial charge is 0.283 e. The minimum Gasteiger partial charge on any atom is -0.377 e. The summed E-state index contributed by atoms with van der Waals surface area (Å²) in [5, 5.41) is 7.83. The molecule has 0 atom stereocenters. The Balaban J connectivity index is 1.82. The van der Waals surface area contributed by atoms with Gasteiger partial charge in [-0.25, -0.2) is 4.68 Å². The number of aromatic nitrogens is 2. The highest BCUT2D eigenvalue weighted by Gasteiger charge is 2.35. The van der Waals surface area contributed by atoms with Crippen LogP contribution in [0.5, 0.6) is 0 Å². The lowest BCUT2D eigenvalue weighted by Gasteiger charge is -2.43. The van der Waals surface area contributed by atoms with Crippen LogP contribution in [0.25, 0.3) is 0 Å². The van der Waals surface area contributed by atoms with Crippen LogP contribution < -0.4 is 10.9 Å². The van der Waals surface area contributed by atoms with E-state index in [9.17, 15) is 4.79 Å². The summed E-state index contributed by atoms with van der Waals surface area (Å²) in [5.41, 5.74) is 1.01. The van der Waals surface area contributed by atoms with E-state index in [2.05, 4.69) is 33.3 Å². The van der Waals surface area contributed by atoms with Crippen LogP contribution in [0.15, 0.2) is 15.5 Å². The van der Waals surface area contributed by atoms with Crippen molar-refractivity contribution in [2.45, 2.75) is 57.5 Å². The fourth-order valence-corrected chi connectivity index (χ4v) is 3.09. The number of nitrogens with zero attached hydrogens (tertiary/aromatic N) is 2. The first kappa shape index (κ1) is 13.2. The van der Waals surface area contributed by atoms with Crippen LogP contribution in [0.4, 0.5) is 5.69 Å². The molecule has 0 amide bonds. The van der Waals surface area contributed by atoms with Gasteiger partial charge in [0, 0.05) is 12.1 Å². The molecule has 0 aliphatic heterocycles. The molecule has 104 valence electrons. The van der Waals surface area contributed by atoms with Crippen LogP contribution in [0.1, 0.15) is 45.4 Å². The molecule has 0 spiro atoms. The lowest BCUT2D eigenvalue weighted by molar-refractivity contribution is 0.269. The number of hydrogen-bond donors (Lipinski definition) is 1. The van der Waals surface area contributed by atoms with Gasteiger partial charge in [0.2, 0.25) is 0 Å². The first-order valence-electron chi connectivity index (χ1n) is 7.17. The molecule has 19 heavy (non-hydrogen) atoms. The maximum atomic E-state index is 12.2. The van der Waals surface area contributed by atoms with Crippen LogP contribution in [-0.4, -0.2) is 15.3 Å². The lowest BCUT2D eigenvalue weighted by atomic mass is 9.75. The molecule has 0 radical (unpaired) electrons. The summed E-state index contributed by atoms with van der Waals surface area (Å²) < 4.78 is 2.22. The van der Waals surface area contributed by atoms with Crippen molar-refractivity contribution in [3.05, 3.63) is 21.0 Å². The Morgan fingerprint density at radius 1 is 1.53 bits per heavy atom. The van der Waals surface area contributed by atoms with Crippen molar-refractivity contribution in [3.63, 3.8) is 0 Å². The molecular weight excluding hydrogens is 306 g/mol. The van der Waals surface area contributed by atoms with E-state index in [-0.39, 0.29) is 11.1 Å². The van der Waals surface area contributed by atoms with Gasteiger partial charge >= 0.3 is 0 Å². The second-order valence-electron chi connectivity index (χ2n) is 5.92. The SMILES string of the molecule is CCC1(Nc2cnn(CC3CC3)c(=O)c2Br)CCC1. The van der Waals surface area contributed by atoms with E-state index in [4.69, 9.17) is 0 Å². The van der Waals surface area contributed by atoms with Crippen molar-refractivity contribution in [1.29, 1.82) is 0 Å². The van der Waals surface area contributed by atoms with E-state index in [1.165, 1.54) is 32.1 Å². The average Bonchev–Trinajstić information content (AvgIpc) is 3.16. The molecule has 3 rings (SSSR count). The lowest BCUT2D eigenvalue weighted by Crippen LogP contribution is -2.44. The van der Waals surface area contributed by atoms with Gasteiger partial charge in [-0.2, -0.15) is 5.10 Å². The van der Waals surface area contributed by atoms with Crippen molar-refractivity contribution in [2.24, 2.45) is 5.92 Å². The summed E-state index contributed by atoms with van der Waals surface area (Å²) in [6.07, 6.45) is 8.97. The van der Waals surface area contributed by atoms with Crippen LogP contribution in [0.3, 0.4) is 0 Å². The molecule has 1 heterocycles. The van der Waals surface area contributed by atoms with Crippen molar-refractivity contribution in [1.82, 2.24) is 9.78 Å². The molecule has 1 aromatic heterocycles. The third-order valence-electron chi connectivity index (χ3n) is 4.50. The highest BCUT2D eigenvalue weighted by molar-refractivity contribution is 9.10. The van der Waals surface area contributed by atoms with Gasteiger partial charge in [-0.05, 0) is 60.4 Å². The minimum atomic E-state index is -0.0116. The molecule has 0 bridgehead atoms. The molecule has 0 unspecified atom stereocenters. The molecule has 2 fully saturated rings. The quantitative estimate of drug-likeness (QED) is 0.904. The molecule has 2 saturated carbocycles. The predicted molar refractivity (Wildman–Crippen MR) is 79.4 cm³/mol. The van der Waals surface area contributed by atoms with Gasteiger partial charge in [-0.15, -0.1) is 0 Å². The van der Waals surface area contributed by atoms with Gasteiger partial charge in [-0.1, -0.05) is 6.92 Å². The van der Waals surface area contributed by atoms with Gasteiger partial charge in [0.05, 0.1) is 11.9 Å². The van der Waals surface area contributed by atoms with Crippen molar-refractivity contribution < 1.29 is 0 Å². The molecule has 0 aromatic carbocycles.